The normalized spacial score (nSPS) is 4.80. The molecule has 0 saturated carbocycles. The molecule has 0 atom stereocenters. The molecule has 0 aromatic heterocycles. The second-order valence-corrected chi connectivity index (χ2v) is 0.338. The Morgan fingerprint density at radius 2 is 1.80 bits per heavy atom. The van der Waals surface area contributed by atoms with Crippen molar-refractivity contribution in [2.45, 2.75) is 0 Å². The first kappa shape index (κ1) is 8.84. The van der Waals surface area contributed by atoms with Gasteiger partial charge < -0.3 is 10.8 Å². The maximum Gasteiger partial charge on any atom is 3.00 e. The van der Waals surface area contributed by atoms with Crippen molar-refractivity contribution in [1.82, 2.24) is 0 Å². The van der Waals surface area contributed by atoms with Crippen molar-refractivity contribution in [2.75, 3.05) is 0 Å². The molecule has 0 aromatic carbocycles. The van der Waals surface area contributed by atoms with Gasteiger partial charge in [0, 0.05) is 0 Å². The maximum absolute atomic E-state index is 8.78. The number of primary amides is 1. The van der Waals surface area contributed by atoms with Crippen LogP contribution in [0.2, 0.25) is 0 Å². The number of carboxylic acid groups (broad SMARTS) is 1. The van der Waals surface area contributed by atoms with Gasteiger partial charge in [0.15, 0.2) is 0 Å². The van der Waals surface area contributed by atoms with E-state index in [2.05, 4.69) is 5.73 Å². The van der Waals surface area contributed by atoms with E-state index in [9.17, 15) is 0 Å². The Hall–Kier alpha value is -0.211. The van der Waals surface area contributed by atoms with Gasteiger partial charge in [0.2, 0.25) is 0 Å². The Labute approximate surface area is 39.6 Å². The van der Waals surface area contributed by atoms with Crippen LogP contribution < -0.4 is 5.73 Å². The molecule has 0 rings (SSSR count). The molecular weight excluding hydrogens is 114 g/mol. The molecule has 5 heavy (non-hydrogen) atoms. The van der Waals surface area contributed by atoms with E-state index in [4.69, 9.17) is 9.90 Å². The number of rotatable bonds is 0. The zero-order valence-electron chi connectivity index (χ0n) is 2.29. The first-order chi connectivity index (χ1) is 1.73. The Balaban J connectivity index is 0. The summed E-state index contributed by atoms with van der Waals surface area (Å²) in [5.41, 5.74) is 4.03. The third kappa shape index (κ3) is 274. The van der Waals surface area contributed by atoms with Crippen LogP contribution in [0.15, 0.2) is 0 Å². The minimum atomic E-state index is -1.33. The van der Waals surface area contributed by atoms with Crippen LogP contribution in [-0.2, 0) is 17.1 Å². The summed E-state index contributed by atoms with van der Waals surface area (Å²) < 4.78 is 0. The van der Waals surface area contributed by atoms with Crippen LogP contribution in [-0.4, -0.2) is 11.2 Å². The van der Waals surface area contributed by atoms with Crippen LogP contribution in [0.5, 0.6) is 0 Å². The van der Waals surface area contributed by atoms with Gasteiger partial charge >= 0.3 is 23.2 Å². The van der Waals surface area contributed by atoms with Crippen LogP contribution in [0.3, 0.4) is 0 Å². The number of nitrogens with two attached hydrogens (primary N) is 1. The summed E-state index contributed by atoms with van der Waals surface area (Å²) in [5, 5.41) is 7.19. The first-order valence-electron chi connectivity index (χ1n) is 0.716. The van der Waals surface area contributed by atoms with Gasteiger partial charge in [0.05, 0.1) is 0 Å². The molecule has 3 nitrogen and oxygen atoms in total. The summed E-state index contributed by atoms with van der Waals surface area (Å²) in [4.78, 5) is 8.78. The van der Waals surface area contributed by atoms with Crippen LogP contribution in [0.4, 0.5) is 4.79 Å². The Bertz CT molecular complexity index is 32.6. The van der Waals surface area contributed by atoms with Crippen molar-refractivity contribution in [3.63, 3.8) is 0 Å². The summed E-state index contributed by atoms with van der Waals surface area (Å²) in [5.74, 6) is 0. The van der Waals surface area contributed by atoms with Crippen LogP contribution in [0, 0.1) is 0 Å². The van der Waals surface area contributed by atoms with E-state index in [1.165, 1.54) is 0 Å². The fraction of sp³-hybridized carbons (Fsp3) is 0. The zero-order valence-corrected chi connectivity index (χ0v) is 3.39. The monoisotopic (exact) mass is 117 g/mol. The first-order valence-corrected chi connectivity index (χ1v) is 0.716. The molecule has 0 saturated heterocycles. The van der Waals surface area contributed by atoms with Gasteiger partial charge in [-0.2, -0.15) is 0 Å². The van der Waals surface area contributed by atoms with Crippen LogP contribution in [0.25, 0.3) is 0 Å². The van der Waals surface area contributed by atoms with Gasteiger partial charge in [-0.25, -0.2) is 4.79 Å². The van der Waals surface area contributed by atoms with Crippen LogP contribution >= 0.6 is 0 Å². The van der Waals surface area contributed by atoms with Crippen molar-refractivity contribution in [2.24, 2.45) is 5.73 Å². The summed E-state index contributed by atoms with van der Waals surface area (Å²) in [6.45, 7) is 0. The van der Waals surface area contributed by atoms with E-state index in [0.717, 1.165) is 0 Å². The third-order valence-electron chi connectivity index (χ3n) is 0. The summed E-state index contributed by atoms with van der Waals surface area (Å²) in [6.07, 6.45) is -1.33. The molecule has 0 aliphatic heterocycles. The topological polar surface area (TPSA) is 63.3 Å². The largest absolute Gasteiger partial charge is 3.00 e. The molecule has 0 aliphatic carbocycles. The zero-order chi connectivity index (χ0) is 3.58. The fourth-order valence-electron chi connectivity index (χ4n) is 0. The second kappa shape index (κ2) is 3.79. The molecule has 0 unspecified atom stereocenters. The molecular formula is CH3FeNO2+3. The Morgan fingerprint density at radius 1 is 1.80 bits per heavy atom. The molecule has 3 N–H and O–H groups in total. The molecule has 0 fully saturated rings. The van der Waals surface area contributed by atoms with Crippen molar-refractivity contribution in [1.29, 1.82) is 0 Å². The SMILES string of the molecule is NC(=O)O.[Fe+3]. The van der Waals surface area contributed by atoms with E-state index in [0.29, 0.717) is 0 Å². The van der Waals surface area contributed by atoms with Crippen molar-refractivity contribution in [3.8, 4) is 0 Å². The van der Waals surface area contributed by atoms with E-state index in [-0.39, 0.29) is 17.1 Å². The van der Waals surface area contributed by atoms with Gasteiger partial charge in [-0.05, 0) is 0 Å². The quantitative estimate of drug-likeness (QED) is 0.424. The minimum Gasteiger partial charge on any atom is -0.465 e. The number of carbonyl (C=O) groups is 1. The van der Waals surface area contributed by atoms with Crippen molar-refractivity contribution < 1.29 is 27.0 Å². The van der Waals surface area contributed by atoms with Gasteiger partial charge in [-0.15, -0.1) is 0 Å². The van der Waals surface area contributed by atoms with E-state index in [1.54, 1.807) is 0 Å². The Morgan fingerprint density at radius 3 is 1.80 bits per heavy atom. The van der Waals surface area contributed by atoms with E-state index >= 15 is 0 Å². The molecule has 0 aromatic rings. The second-order valence-electron chi connectivity index (χ2n) is 0.338. The number of hydrogen-bond acceptors (Lipinski definition) is 1. The Kier molecular flexibility index (Phi) is 6.70. The van der Waals surface area contributed by atoms with Crippen molar-refractivity contribution in [3.05, 3.63) is 0 Å². The molecule has 1 radical (unpaired) electrons. The smallest absolute Gasteiger partial charge is 0.465 e. The molecule has 29 valence electrons. The summed E-state index contributed by atoms with van der Waals surface area (Å²) in [7, 11) is 0. The molecule has 4 heteroatoms. The average molecular weight is 117 g/mol. The third-order valence-corrected chi connectivity index (χ3v) is 0. The summed E-state index contributed by atoms with van der Waals surface area (Å²) >= 11 is 0. The van der Waals surface area contributed by atoms with E-state index in [1.807, 2.05) is 0 Å². The maximum atomic E-state index is 8.78. The molecule has 1 amide bonds. The summed E-state index contributed by atoms with van der Waals surface area (Å²) in [6, 6.07) is 0. The molecule has 0 bridgehead atoms. The van der Waals surface area contributed by atoms with Crippen LogP contribution in [0.1, 0.15) is 0 Å². The minimum absolute atomic E-state index is 0. The number of hydrogen-bond donors (Lipinski definition) is 2. The van der Waals surface area contributed by atoms with Gasteiger partial charge in [0.25, 0.3) is 0 Å². The average Bonchev–Trinajstić information content (AvgIpc) is 0.811. The van der Waals surface area contributed by atoms with Gasteiger partial charge in [-0.1, -0.05) is 0 Å². The van der Waals surface area contributed by atoms with Gasteiger partial charge in [-0.3, -0.25) is 0 Å². The van der Waals surface area contributed by atoms with Gasteiger partial charge in [0.1, 0.15) is 0 Å². The van der Waals surface area contributed by atoms with E-state index < -0.39 is 6.09 Å². The molecule has 0 heterocycles. The predicted molar refractivity (Wildman–Crippen MR) is 12.2 cm³/mol. The molecule has 0 spiro atoms. The van der Waals surface area contributed by atoms with Crippen molar-refractivity contribution >= 4 is 6.09 Å². The fourth-order valence-corrected chi connectivity index (χ4v) is 0. The predicted octanol–water partition coefficient (Wildman–Crippen LogP) is -0.379. The molecule has 0 aliphatic rings. The standard InChI is InChI=1S/CH3NO2.Fe/c2-1(3)4;/h2H2,(H,3,4);/q;+3. The number of amides is 1.